The Bertz CT molecular complexity index is 1250. The molecule has 36 heavy (non-hydrogen) atoms. The number of carbonyl (C=O) groups is 2. The maximum Gasteiger partial charge on any atom is 0.230 e. The summed E-state index contributed by atoms with van der Waals surface area (Å²) in [6, 6.07) is 13.5. The van der Waals surface area contributed by atoms with Gasteiger partial charge in [0.25, 0.3) is 0 Å². The summed E-state index contributed by atoms with van der Waals surface area (Å²) >= 11 is 0.739. The first kappa shape index (κ1) is 26.8. The minimum Gasteiger partial charge on any atom is -0.488 e. The lowest BCUT2D eigenvalue weighted by Gasteiger charge is -2.22. The number of nitrogen functional groups attached to an aromatic ring is 1. The van der Waals surface area contributed by atoms with Crippen LogP contribution in [0.25, 0.3) is 0 Å². The van der Waals surface area contributed by atoms with Crippen molar-refractivity contribution in [2.75, 3.05) is 12.3 Å². The van der Waals surface area contributed by atoms with Crippen molar-refractivity contribution in [2.24, 2.45) is 0 Å². The third-order valence-electron chi connectivity index (χ3n) is 5.29. The van der Waals surface area contributed by atoms with Crippen LogP contribution in [0.15, 0.2) is 65.3 Å². The first-order valence-electron chi connectivity index (χ1n) is 11.1. The predicted molar refractivity (Wildman–Crippen MR) is 136 cm³/mol. The fraction of sp³-hybridized carbons (Fsp3) is 0.231. The summed E-state index contributed by atoms with van der Waals surface area (Å²) in [6.45, 7) is 3.29. The first-order valence-corrected chi connectivity index (χ1v) is 11.9. The van der Waals surface area contributed by atoms with Crippen LogP contribution in [-0.2, 0) is 17.9 Å². The molecule has 0 spiro atoms. The van der Waals surface area contributed by atoms with Gasteiger partial charge in [-0.25, -0.2) is 14.4 Å². The zero-order valence-electron chi connectivity index (χ0n) is 20.0. The van der Waals surface area contributed by atoms with Crippen molar-refractivity contribution < 1.29 is 23.8 Å². The number of amides is 1. The van der Waals surface area contributed by atoms with Crippen LogP contribution < -0.4 is 10.5 Å². The van der Waals surface area contributed by atoms with Crippen molar-refractivity contribution in [3.05, 3.63) is 93.7 Å². The van der Waals surface area contributed by atoms with E-state index in [1.165, 1.54) is 29.3 Å². The Morgan fingerprint density at radius 3 is 2.64 bits per heavy atom. The zero-order chi connectivity index (χ0) is 26.1. The lowest BCUT2D eigenvalue weighted by atomic mass is 10.2. The van der Waals surface area contributed by atoms with Gasteiger partial charge in [0.2, 0.25) is 11.5 Å². The number of anilines is 1. The Balaban J connectivity index is 1.86. The molecule has 10 heteroatoms. The second kappa shape index (κ2) is 12.8. The number of rotatable bonds is 11. The molecule has 0 bridgehead atoms. The molecule has 0 unspecified atom stereocenters. The summed E-state index contributed by atoms with van der Waals surface area (Å²) in [5.74, 6) is 0.115. The number of aliphatic hydroxyl groups excluding tert-OH is 1. The van der Waals surface area contributed by atoms with Crippen LogP contribution in [0.3, 0.4) is 0 Å². The smallest absolute Gasteiger partial charge is 0.230 e. The zero-order valence-corrected chi connectivity index (χ0v) is 20.8. The molecule has 1 amide bonds. The fourth-order valence-electron chi connectivity index (χ4n) is 3.34. The van der Waals surface area contributed by atoms with Gasteiger partial charge in [-0.1, -0.05) is 36.4 Å². The highest BCUT2D eigenvalue weighted by Gasteiger charge is 2.23. The molecule has 0 saturated carbocycles. The summed E-state index contributed by atoms with van der Waals surface area (Å²) in [6.07, 6.45) is 2.21. The summed E-state index contributed by atoms with van der Waals surface area (Å²) in [5, 5.41) is 8.99. The number of nitrogens with two attached hydrogens (primary N) is 1. The number of thioether (sulfide) groups is 1. The van der Waals surface area contributed by atoms with Gasteiger partial charge in [-0.05, 0) is 43.3 Å². The van der Waals surface area contributed by atoms with E-state index in [9.17, 15) is 19.1 Å². The lowest BCUT2D eigenvalue weighted by molar-refractivity contribution is -0.116. The van der Waals surface area contributed by atoms with E-state index in [-0.39, 0.29) is 43.3 Å². The van der Waals surface area contributed by atoms with Gasteiger partial charge in [-0.3, -0.25) is 9.59 Å². The van der Waals surface area contributed by atoms with Crippen molar-refractivity contribution in [3.8, 4) is 5.75 Å². The number of aryl methyl sites for hydroxylation is 1. The first-order chi connectivity index (χ1) is 17.3. The molecule has 0 atom stereocenters. The molecular formula is C26H27FN4O4S. The molecule has 1 heterocycles. The molecule has 3 N–H and O–H groups in total. The van der Waals surface area contributed by atoms with Crippen LogP contribution in [0.4, 0.5) is 10.2 Å². The number of benzene rings is 2. The number of carbonyl (C=O) groups excluding carboxylic acids is 2. The normalized spacial score (nSPS) is 11.6. The topological polar surface area (TPSA) is 119 Å². The average Bonchev–Trinajstić information content (AvgIpc) is 2.87. The van der Waals surface area contributed by atoms with Gasteiger partial charge >= 0.3 is 0 Å². The van der Waals surface area contributed by atoms with E-state index in [0.717, 1.165) is 17.3 Å². The Hall–Kier alpha value is -3.76. The van der Waals surface area contributed by atoms with Gasteiger partial charge in [0.15, 0.2) is 0 Å². The fourth-order valence-corrected chi connectivity index (χ4v) is 4.32. The number of hydrogen-bond donors (Lipinski definition) is 2. The quantitative estimate of drug-likeness (QED) is 0.368. The van der Waals surface area contributed by atoms with Gasteiger partial charge in [-0.15, -0.1) is 0 Å². The average molecular weight is 511 g/mol. The minimum atomic E-state index is -0.726. The molecule has 0 aliphatic carbocycles. The van der Waals surface area contributed by atoms with E-state index >= 15 is 0 Å². The van der Waals surface area contributed by atoms with E-state index in [1.54, 1.807) is 13.8 Å². The van der Waals surface area contributed by atoms with Crippen LogP contribution >= 0.6 is 11.8 Å². The standard InChI is InChI=1S/C26H27FN4O4S/c1-17(31(16-33)14-20-13-29-18(2)30-25(20)28)23(11-12-32)36-26(34)24-21(27)9-6-10-22(24)35-15-19-7-4-3-5-8-19/h3-10,13,16,32H,11-12,14-15H2,1-2H3,(H2,28,29,30). The highest BCUT2D eigenvalue weighted by Crippen LogP contribution is 2.33. The molecule has 3 aromatic rings. The molecule has 3 rings (SSSR count). The van der Waals surface area contributed by atoms with Crippen LogP contribution in [0.2, 0.25) is 0 Å². The van der Waals surface area contributed by atoms with Gasteiger partial charge in [0.05, 0.1) is 6.54 Å². The van der Waals surface area contributed by atoms with E-state index in [4.69, 9.17) is 10.5 Å². The predicted octanol–water partition coefficient (Wildman–Crippen LogP) is 4.23. The number of ether oxygens (including phenoxy) is 1. The van der Waals surface area contributed by atoms with E-state index < -0.39 is 10.9 Å². The van der Waals surface area contributed by atoms with Crippen LogP contribution in [0.5, 0.6) is 5.75 Å². The number of hydrogen-bond acceptors (Lipinski definition) is 8. The van der Waals surface area contributed by atoms with Crippen LogP contribution in [0, 0.1) is 12.7 Å². The molecule has 0 radical (unpaired) electrons. The third kappa shape index (κ3) is 6.89. The van der Waals surface area contributed by atoms with Gasteiger partial charge in [0.1, 0.15) is 35.4 Å². The lowest BCUT2D eigenvalue weighted by Crippen LogP contribution is -2.22. The maximum absolute atomic E-state index is 14.8. The van der Waals surface area contributed by atoms with E-state index in [2.05, 4.69) is 9.97 Å². The Kier molecular flexibility index (Phi) is 9.54. The Morgan fingerprint density at radius 2 is 1.97 bits per heavy atom. The van der Waals surface area contributed by atoms with Gasteiger partial charge < -0.3 is 20.5 Å². The molecule has 0 fully saturated rings. The summed E-state index contributed by atoms with van der Waals surface area (Å²) in [7, 11) is 0. The van der Waals surface area contributed by atoms with Crippen LogP contribution in [0.1, 0.15) is 40.7 Å². The molecule has 188 valence electrons. The molecule has 0 aliphatic heterocycles. The third-order valence-corrected chi connectivity index (χ3v) is 6.43. The number of aliphatic hydroxyl groups is 1. The monoisotopic (exact) mass is 510 g/mol. The highest BCUT2D eigenvalue weighted by atomic mass is 32.2. The second-order valence-corrected chi connectivity index (χ2v) is 8.89. The number of nitrogens with zero attached hydrogens (tertiary/aromatic N) is 3. The number of aromatic nitrogens is 2. The van der Waals surface area contributed by atoms with Crippen molar-refractivity contribution in [3.63, 3.8) is 0 Å². The Labute approximate surface area is 213 Å². The largest absolute Gasteiger partial charge is 0.488 e. The molecule has 1 aromatic heterocycles. The number of allylic oxidation sites excluding steroid dienone is 1. The second-order valence-electron chi connectivity index (χ2n) is 7.82. The van der Waals surface area contributed by atoms with Crippen LogP contribution in [-0.4, -0.2) is 38.1 Å². The maximum atomic E-state index is 14.8. The molecule has 0 aliphatic rings. The molecular weight excluding hydrogens is 483 g/mol. The van der Waals surface area contributed by atoms with Gasteiger partial charge in [-0.2, -0.15) is 0 Å². The van der Waals surface area contributed by atoms with Crippen molar-refractivity contribution in [1.82, 2.24) is 14.9 Å². The van der Waals surface area contributed by atoms with Gasteiger partial charge in [0, 0.05) is 35.4 Å². The molecule has 2 aromatic carbocycles. The SMILES string of the molecule is CC(=C(CCO)SC(=O)c1c(F)cccc1OCc1ccccc1)N(C=O)Cc1cnc(C)nc1N. The highest BCUT2D eigenvalue weighted by molar-refractivity contribution is 8.17. The summed E-state index contributed by atoms with van der Waals surface area (Å²) < 4.78 is 20.5. The minimum absolute atomic E-state index is 0.0657. The van der Waals surface area contributed by atoms with Crippen molar-refractivity contribution in [2.45, 2.75) is 33.4 Å². The van der Waals surface area contributed by atoms with Crippen molar-refractivity contribution >= 4 is 29.1 Å². The van der Waals surface area contributed by atoms with E-state index in [0.29, 0.717) is 28.4 Å². The Morgan fingerprint density at radius 1 is 1.22 bits per heavy atom. The van der Waals surface area contributed by atoms with Crippen molar-refractivity contribution in [1.29, 1.82) is 0 Å². The van der Waals surface area contributed by atoms with E-state index in [1.807, 2.05) is 30.3 Å². The molecule has 0 saturated heterocycles. The summed E-state index contributed by atoms with van der Waals surface area (Å²) in [4.78, 5) is 35.1. The number of halogens is 1. The molecule has 8 nitrogen and oxygen atoms in total. The summed E-state index contributed by atoms with van der Waals surface area (Å²) in [5.41, 5.74) is 7.55.